The van der Waals surface area contributed by atoms with Gasteiger partial charge in [0.2, 0.25) is 5.91 Å². The van der Waals surface area contributed by atoms with Gasteiger partial charge >= 0.3 is 0 Å². The Hall–Kier alpha value is -2.86. The van der Waals surface area contributed by atoms with Crippen LogP contribution >= 0.6 is 11.8 Å². The molecule has 2 aromatic carbocycles. The highest BCUT2D eigenvalue weighted by molar-refractivity contribution is 7.98. The Labute approximate surface area is 175 Å². The third kappa shape index (κ3) is 5.57. The summed E-state index contributed by atoms with van der Waals surface area (Å²) in [6.45, 7) is 5.96. The van der Waals surface area contributed by atoms with Gasteiger partial charge in [-0.05, 0) is 63.3 Å². The van der Waals surface area contributed by atoms with E-state index >= 15 is 0 Å². The first kappa shape index (κ1) is 20.9. The maximum absolute atomic E-state index is 12.6. The van der Waals surface area contributed by atoms with Crippen LogP contribution < -0.4 is 10.1 Å². The van der Waals surface area contributed by atoms with E-state index in [9.17, 15) is 4.79 Å². The second kappa shape index (κ2) is 9.56. The largest absolute Gasteiger partial charge is 0.455 e. The fourth-order valence-corrected chi connectivity index (χ4v) is 3.46. The van der Waals surface area contributed by atoms with Gasteiger partial charge in [-0.2, -0.15) is 0 Å². The number of anilines is 1. The van der Waals surface area contributed by atoms with Gasteiger partial charge in [-0.3, -0.25) is 4.79 Å². The van der Waals surface area contributed by atoms with Crippen molar-refractivity contribution in [2.24, 2.45) is 0 Å². The van der Waals surface area contributed by atoms with Gasteiger partial charge in [0.1, 0.15) is 5.75 Å². The minimum absolute atomic E-state index is 0.0716. The van der Waals surface area contributed by atoms with Crippen molar-refractivity contribution in [3.8, 4) is 11.5 Å². The molecule has 1 heterocycles. The van der Waals surface area contributed by atoms with E-state index in [1.807, 2.05) is 75.6 Å². The minimum atomic E-state index is -0.0716. The molecule has 0 saturated carbocycles. The van der Waals surface area contributed by atoms with Crippen LogP contribution in [0.1, 0.15) is 28.9 Å². The smallest absolute Gasteiger partial charge is 0.224 e. The molecular weight excluding hydrogens is 382 g/mol. The van der Waals surface area contributed by atoms with Gasteiger partial charge in [0.05, 0.1) is 5.69 Å². The van der Waals surface area contributed by atoms with Crippen molar-refractivity contribution in [1.82, 2.24) is 9.97 Å². The highest BCUT2D eigenvalue weighted by atomic mass is 32.2. The number of carbonyl (C=O) groups excluding carboxylic acids is 1. The average molecular weight is 408 g/mol. The van der Waals surface area contributed by atoms with Crippen molar-refractivity contribution >= 4 is 23.4 Å². The predicted molar refractivity (Wildman–Crippen MR) is 118 cm³/mol. The predicted octanol–water partition coefficient (Wildman–Crippen LogP) is 5.49. The van der Waals surface area contributed by atoms with Crippen LogP contribution in [0.15, 0.2) is 53.7 Å². The number of rotatable bonds is 7. The zero-order valence-electron chi connectivity index (χ0n) is 17.2. The lowest BCUT2D eigenvalue weighted by Gasteiger charge is -2.13. The Morgan fingerprint density at radius 1 is 1.00 bits per heavy atom. The van der Waals surface area contributed by atoms with Crippen LogP contribution in [0, 0.1) is 20.8 Å². The summed E-state index contributed by atoms with van der Waals surface area (Å²) in [4.78, 5) is 21.5. The molecule has 0 radical (unpaired) electrons. The molecule has 0 saturated heterocycles. The van der Waals surface area contributed by atoms with E-state index < -0.39 is 0 Å². The quantitative estimate of drug-likeness (QED) is 0.415. The van der Waals surface area contributed by atoms with Crippen LogP contribution in [0.2, 0.25) is 0 Å². The number of amides is 1. The number of benzene rings is 2. The molecule has 0 atom stereocenters. The summed E-state index contributed by atoms with van der Waals surface area (Å²) in [5.41, 5.74) is 4.71. The van der Waals surface area contributed by atoms with Crippen molar-refractivity contribution in [3.63, 3.8) is 0 Å². The summed E-state index contributed by atoms with van der Waals surface area (Å²) < 4.78 is 5.95. The number of aromatic nitrogens is 2. The Morgan fingerprint density at radius 2 is 1.66 bits per heavy atom. The number of ether oxygens (including phenoxy) is 1. The van der Waals surface area contributed by atoms with Crippen molar-refractivity contribution in [2.45, 2.75) is 38.8 Å². The molecule has 0 fully saturated rings. The molecular formula is C23H25N3O2S. The summed E-state index contributed by atoms with van der Waals surface area (Å²) in [6.07, 6.45) is 2.90. The highest BCUT2D eigenvalue weighted by Gasteiger charge is 2.12. The van der Waals surface area contributed by atoms with Crippen molar-refractivity contribution in [2.75, 3.05) is 11.6 Å². The van der Waals surface area contributed by atoms with Gasteiger partial charge in [-0.25, -0.2) is 9.97 Å². The number of hydrogen-bond donors (Lipinski definition) is 1. The van der Waals surface area contributed by atoms with E-state index in [1.54, 1.807) is 0 Å². The first-order chi connectivity index (χ1) is 14.0. The average Bonchev–Trinajstić information content (AvgIpc) is 2.70. The summed E-state index contributed by atoms with van der Waals surface area (Å²) >= 11 is 1.52. The third-order valence-electron chi connectivity index (χ3n) is 4.59. The number of nitrogens with one attached hydrogen (secondary N) is 1. The second-order valence-corrected chi connectivity index (χ2v) is 7.59. The van der Waals surface area contributed by atoms with Gasteiger partial charge in [0.15, 0.2) is 10.9 Å². The van der Waals surface area contributed by atoms with E-state index in [2.05, 4.69) is 15.3 Å². The zero-order chi connectivity index (χ0) is 20.8. The Balaban J connectivity index is 1.66. The standard InChI is InChI=1S/C23H25N3O2S/c1-15-9-11-18(12-10-15)28-21-8-6-5-7-20(21)26-22(27)14-13-19-16(2)24-23(29-4)25-17(19)3/h5-12H,13-14H2,1-4H3,(H,26,27). The summed E-state index contributed by atoms with van der Waals surface area (Å²) in [7, 11) is 0. The van der Waals surface area contributed by atoms with Gasteiger partial charge < -0.3 is 10.1 Å². The Morgan fingerprint density at radius 3 is 2.31 bits per heavy atom. The highest BCUT2D eigenvalue weighted by Crippen LogP contribution is 2.29. The topological polar surface area (TPSA) is 64.1 Å². The lowest BCUT2D eigenvalue weighted by atomic mass is 10.1. The van der Waals surface area contributed by atoms with Crippen LogP contribution in [0.25, 0.3) is 0 Å². The summed E-state index contributed by atoms with van der Waals surface area (Å²) in [5.74, 6) is 1.28. The van der Waals surface area contributed by atoms with E-state index in [0.29, 0.717) is 24.3 Å². The SMILES string of the molecule is CSc1nc(C)c(CCC(=O)Nc2ccccc2Oc2ccc(C)cc2)c(C)n1. The Bertz CT molecular complexity index is 980. The van der Waals surface area contributed by atoms with Crippen molar-refractivity contribution in [1.29, 1.82) is 0 Å². The van der Waals surface area contributed by atoms with Crippen LogP contribution in [0.4, 0.5) is 5.69 Å². The second-order valence-electron chi connectivity index (χ2n) is 6.82. The minimum Gasteiger partial charge on any atom is -0.455 e. The molecule has 0 aliphatic rings. The van der Waals surface area contributed by atoms with Gasteiger partial charge in [-0.1, -0.05) is 41.6 Å². The van der Waals surface area contributed by atoms with E-state index in [0.717, 1.165) is 27.9 Å². The van der Waals surface area contributed by atoms with Crippen LogP contribution in [0.3, 0.4) is 0 Å². The molecule has 3 aromatic rings. The van der Waals surface area contributed by atoms with Gasteiger partial charge in [-0.15, -0.1) is 0 Å². The van der Waals surface area contributed by atoms with E-state index in [1.165, 1.54) is 17.3 Å². The van der Waals surface area contributed by atoms with E-state index in [-0.39, 0.29) is 5.91 Å². The molecule has 0 aliphatic heterocycles. The number of carbonyl (C=O) groups is 1. The molecule has 0 aliphatic carbocycles. The molecule has 0 spiro atoms. The van der Waals surface area contributed by atoms with Crippen molar-refractivity contribution in [3.05, 3.63) is 71.0 Å². The molecule has 0 unspecified atom stereocenters. The molecule has 150 valence electrons. The fourth-order valence-electron chi connectivity index (χ4n) is 3.01. The van der Waals surface area contributed by atoms with Gasteiger partial charge in [0, 0.05) is 17.8 Å². The lowest BCUT2D eigenvalue weighted by Crippen LogP contribution is -2.14. The maximum atomic E-state index is 12.6. The van der Waals surface area contributed by atoms with Crippen LogP contribution in [-0.2, 0) is 11.2 Å². The first-order valence-corrected chi connectivity index (χ1v) is 10.7. The number of aryl methyl sites for hydroxylation is 3. The number of para-hydroxylation sites is 2. The Kier molecular flexibility index (Phi) is 6.88. The van der Waals surface area contributed by atoms with Crippen molar-refractivity contribution < 1.29 is 9.53 Å². The fraction of sp³-hybridized carbons (Fsp3) is 0.261. The van der Waals surface area contributed by atoms with Crippen LogP contribution in [-0.4, -0.2) is 22.1 Å². The number of nitrogens with zero attached hydrogens (tertiary/aromatic N) is 2. The molecule has 1 N–H and O–H groups in total. The summed E-state index contributed by atoms with van der Waals surface area (Å²) in [6, 6.07) is 15.3. The van der Waals surface area contributed by atoms with Gasteiger partial charge in [0.25, 0.3) is 0 Å². The molecule has 1 aromatic heterocycles. The molecule has 5 nitrogen and oxygen atoms in total. The molecule has 0 bridgehead atoms. The lowest BCUT2D eigenvalue weighted by molar-refractivity contribution is -0.116. The molecule has 1 amide bonds. The molecule has 3 rings (SSSR count). The monoisotopic (exact) mass is 407 g/mol. The molecule has 6 heteroatoms. The van der Waals surface area contributed by atoms with Crippen LogP contribution in [0.5, 0.6) is 11.5 Å². The summed E-state index contributed by atoms with van der Waals surface area (Å²) in [5, 5.41) is 3.72. The maximum Gasteiger partial charge on any atom is 0.224 e. The first-order valence-electron chi connectivity index (χ1n) is 9.47. The number of thioether (sulfide) groups is 1. The zero-order valence-corrected chi connectivity index (χ0v) is 18.0. The number of hydrogen-bond acceptors (Lipinski definition) is 5. The normalized spacial score (nSPS) is 10.6. The molecule has 29 heavy (non-hydrogen) atoms. The van der Waals surface area contributed by atoms with E-state index in [4.69, 9.17) is 4.74 Å². The third-order valence-corrected chi connectivity index (χ3v) is 5.14.